The summed E-state index contributed by atoms with van der Waals surface area (Å²) in [5.41, 5.74) is 24.0. The van der Waals surface area contributed by atoms with E-state index in [1.54, 1.807) is 82.8 Å². The number of imide groups is 8. The van der Waals surface area contributed by atoms with Crippen LogP contribution in [0, 0.1) is 5.92 Å². The number of hydrogen-bond acceptors (Lipinski definition) is 26. The lowest BCUT2D eigenvalue weighted by atomic mass is 9.96. The van der Waals surface area contributed by atoms with Crippen LogP contribution in [-0.4, -0.2) is 288 Å². The van der Waals surface area contributed by atoms with Gasteiger partial charge in [0.2, 0.25) is 47.3 Å². The van der Waals surface area contributed by atoms with Crippen LogP contribution in [-0.2, 0) is 89.7 Å². The number of nitrogens with one attached hydrogen (secondary N) is 8. The second kappa shape index (κ2) is 48.3. The third-order valence-corrected chi connectivity index (χ3v) is 26.0. The van der Waals surface area contributed by atoms with Crippen LogP contribution in [0.5, 0.6) is 0 Å². The van der Waals surface area contributed by atoms with Gasteiger partial charge in [0.25, 0.3) is 47.3 Å². The number of nitrogens with two attached hydrogens (primary N) is 1. The van der Waals surface area contributed by atoms with Gasteiger partial charge >= 0.3 is 0 Å². The van der Waals surface area contributed by atoms with Gasteiger partial charge < -0.3 is 52.8 Å². The first-order chi connectivity index (χ1) is 66.7. The average Bonchev–Trinajstić information content (AvgIpc) is 0.843. The number of rotatable bonds is 19. The molecule has 16 amide bonds. The number of carbonyl (C=O) groups is 16. The molecule has 1 saturated heterocycles. The van der Waals surface area contributed by atoms with E-state index in [4.69, 9.17) is 17.3 Å². The first-order valence-electron chi connectivity index (χ1n) is 46.3. The van der Waals surface area contributed by atoms with Crippen LogP contribution < -0.4 is 48.3 Å². The minimum atomic E-state index is -0.384. The Hall–Kier alpha value is -14.4. The van der Waals surface area contributed by atoms with E-state index >= 15 is 0 Å². The number of hydrogen-bond donors (Lipinski definition) is 9. The molecule has 140 heavy (non-hydrogen) atoms. The molecule has 1 aliphatic carbocycles. The maximum atomic E-state index is 12.0. The van der Waals surface area contributed by atoms with E-state index in [-0.39, 0.29) is 114 Å². The van der Waals surface area contributed by atoms with E-state index in [1.807, 2.05) is 99.9 Å². The second-order valence-electron chi connectivity index (χ2n) is 35.3. The summed E-state index contributed by atoms with van der Waals surface area (Å²) >= 11 is 9.32. The second-order valence-corrected chi connectivity index (χ2v) is 36.5. The molecule has 0 atom stereocenters. The molecular weight excluding hydrogens is 1870 g/mol. The van der Waals surface area contributed by atoms with Gasteiger partial charge in [-0.25, -0.2) is 0 Å². The summed E-state index contributed by atoms with van der Waals surface area (Å²) in [5.74, 6) is -2.10. The molecule has 18 rings (SSSR count). The van der Waals surface area contributed by atoms with Gasteiger partial charge in [-0.15, -0.1) is 0 Å². The van der Waals surface area contributed by atoms with Gasteiger partial charge in [0.05, 0.1) is 62.1 Å². The number of likely N-dealkylation sites (tertiary alicyclic amines) is 1. The number of amides is 16. The van der Waals surface area contributed by atoms with Crippen molar-refractivity contribution in [2.45, 2.75) is 104 Å². The van der Waals surface area contributed by atoms with Gasteiger partial charge in [0.15, 0.2) is 0 Å². The number of piperidine rings is 1. The van der Waals surface area contributed by atoms with Crippen LogP contribution in [0.1, 0.15) is 185 Å². The minimum Gasteiger partial charge on any atom is -0.387 e. The molecule has 8 aromatic carbocycles. The summed E-state index contributed by atoms with van der Waals surface area (Å²) < 4.78 is 0.824. The fraction of sp³-hybridized carbons (Fsp3) is 0.369. The van der Waals surface area contributed by atoms with E-state index in [1.165, 1.54) is 112 Å². The fourth-order valence-electron chi connectivity index (χ4n) is 16.3. The van der Waals surface area contributed by atoms with Gasteiger partial charge in [-0.3, -0.25) is 121 Å². The van der Waals surface area contributed by atoms with Crippen molar-refractivity contribution in [1.29, 1.82) is 0 Å². The Balaban J connectivity index is 0.000000153. The fourth-order valence-corrected chi connectivity index (χ4v) is 17.1. The van der Waals surface area contributed by atoms with E-state index in [2.05, 4.69) is 80.2 Å². The molecule has 9 heterocycles. The number of halogens is 2. The molecule has 37 heteroatoms. The first kappa shape index (κ1) is 106. The number of benzene rings is 8. The molecule has 0 unspecified atom stereocenters. The standard InChI is InChI=1S/C17H23N3O2.C14H19N3O2.C14H16N2O2.C13H16N2O2.C12H13N3O2.C12H14N2O2.C11H11BrN2O2.C10H9ClN2O2/c1-19-16(21)12-13-11-14(5-6-15(13)17(19)22)18-7-10-20-8-3-2-4-9-20;1-16(2)7-6-15-11-4-5-12-10(8-11)9-13(18)17(3)14(12)19;1-16-13(17)7-10-6-11(15-8-9-2-3-9)4-5-12(10)14(16)18;1-3-6-14-10-4-5-11-9(7-10)8-12(16)15(2)13(11)17;1-14-11(13)7-3-4-9-8(5-7)6-10(16)15(2)12(9)17;1-3-13-9-4-5-10-8(6-9)7-11(15)14(2)12(10)16;1-13-9-3-6-4-10(15)14(2)11(16)7(6)5-8(9)12;1-12-8-2-5-3-9(14)13-10(15)6(5)4-7(8)11/h5-6,11,18H,2-4,7-10,12H2,1H3;4-5,8,15H,6-7,9H2,1-3H3;4-6,9,15H,2-3,7-8H2,1H3;4-5,7,14H,3,6,8H2,1-2H3;3-5H,6H2,1-2H3,(H2,13,14);4-6,13H,3,7H2,1-2H3;3,5,13H,4H2,1-2H3;2,4,12H,3H2,1H3,(H,13,14,15). The quantitative estimate of drug-likeness (QED) is 0.0206. The number of fused-ring (bicyclic) bond motifs is 8. The first-order valence-corrected chi connectivity index (χ1v) is 47.5. The van der Waals surface area contributed by atoms with E-state index in [0.717, 1.165) is 151 Å². The summed E-state index contributed by atoms with van der Waals surface area (Å²) in [5, 5.41) is 25.1. The lowest BCUT2D eigenvalue weighted by Crippen LogP contribution is -2.39. The number of amidine groups is 1. The molecule has 0 bridgehead atoms. The highest BCUT2D eigenvalue weighted by atomic mass is 79.9. The van der Waals surface area contributed by atoms with Crippen LogP contribution in [0.2, 0.25) is 5.02 Å². The Morgan fingerprint density at radius 1 is 0.407 bits per heavy atom. The zero-order valence-corrected chi connectivity index (χ0v) is 83.7. The smallest absolute Gasteiger partial charge is 0.260 e. The molecule has 10 aliphatic rings. The van der Waals surface area contributed by atoms with Crippen LogP contribution in [0.4, 0.5) is 39.8 Å². The number of likely N-dealkylation sites (N-methyl/N-ethyl adjacent to an activating group) is 8. The molecule has 35 nitrogen and oxygen atoms in total. The molecule has 738 valence electrons. The van der Waals surface area contributed by atoms with Crippen LogP contribution >= 0.6 is 27.5 Å². The topological polar surface area (TPSA) is 437 Å². The summed E-state index contributed by atoms with van der Waals surface area (Å²) in [6.07, 6.45) is 9.84. The summed E-state index contributed by atoms with van der Waals surface area (Å²) in [4.78, 5) is 204. The van der Waals surface area contributed by atoms with Crippen LogP contribution in [0.3, 0.4) is 0 Å². The van der Waals surface area contributed by atoms with Crippen molar-refractivity contribution in [3.8, 4) is 0 Å². The number of anilines is 7. The van der Waals surface area contributed by atoms with Gasteiger partial charge in [0, 0.05) is 205 Å². The minimum absolute atomic E-state index is 0.133. The van der Waals surface area contributed by atoms with E-state index in [9.17, 15) is 76.7 Å². The predicted octanol–water partition coefficient (Wildman–Crippen LogP) is 10.2. The van der Waals surface area contributed by atoms with Crippen LogP contribution in [0.25, 0.3) is 0 Å². The number of carbonyl (C=O) groups excluding carboxylic acids is 16. The Kier molecular flexibility index (Phi) is 36.6. The van der Waals surface area contributed by atoms with Crippen molar-refractivity contribution < 1.29 is 76.7 Å². The van der Waals surface area contributed by atoms with Crippen LogP contribution in [0.15, 0.2) is 143 Å². The SMILES string of the molecule is CCCNc1ccc2c(c1)CC(=O)N(C)C2=O.CCNc1ccc2c(c1)CC(=O)N(C)C2=O.CN(C)CCNc1ccc2c(c1)CC(=O)N(C)C2=O.CN1C(=O)Cc2cc(NCC3CC3)ccc2C1=O.CN1C(=O)Cc2cc(NCCN3CCCCC3)ccc2C1=O.CN=C(N)c1ccc2c(c1)CC(=O)N(C)C2=O.CNc1cc2c(cc1Br)C(=O)N(C)C(=O)C2.CNc1cc2c(cc1Cl)C(=O)NC(=O)C2. The van der Waals surface area contributed by atoms with Crippen molar-refractivity contribution in [3.05, 3.63) is 238 Å². The normalized spacial score (nSPS) is 16.2. The predicted molar refractivity (Wildman–Crippen MR) is 542 cm³/mol. The number of nitrogens with zero attached hydrogens (tertiary/aromatic N) is 10. The summed E-state index contributed by atoms with van der Waals surface area (Å²) in [7, 11) is 19.8. The highest BCUT2D eigenvalue weighted by Crippen LogP contribution is 2.35. The molecule has 9 aliphatic heterocycles. The molecule has 0 radical (unpaired) electrons. The molecular formula is C103H121BrClN19O16. The van der Waals surface area contributed by atoms with Crippen molar-refractivity contribution in [1.82, 2.24) is 49.4 Å². The van der Waals surface area contributed by atoms with Gasteiger partial charge in [-0.05, 0) is 260 Å². The largest absolute Gasteiger partial charge is 0.387 e. The Morgan fingerprint density at radius 3 is 1.11 bits per heavy atom. The zero-order chi connectivity index (χ0) is 102. The average molecular weight is 2000 g/mol. The lowest BCUT2D eigenvalue weighted by molar-refractivity contribution is -0.128. The van der Waals surface area contributed by atoms with E-state index in [0.29, 0.717) is 98.6 Å². The summed E-state index contributed by atoms with van der Waals surface area (Å²) in [6, 6.07) is 40.1. The van der Waals surface area contributed by atoms with Gasteiger partial charge in [-0.1, -0.05) is 31.0 Å². The molecule has 10 N–H and O–H groups in total. The molecule has 0 spiro atoms. The Morgan fingerprint density at radius 2 is 0.743 bits per heavy atom. The summed E-state index contributed by atoms with van der Waals surface area (Å²) in [6.45, 7) is 12.9. The maximum Gasteiger partial charge on any atom is 0.260 e. The van der Waals surface area contributed by atoms with Gasteiger partial charge in [-0.2, -0.15) is 0 Å². The monoisotopic (exact) mass is 1990 g/mol. The van der Waals surface area contributed by atoms with Gasteiger partial charge in [0.1, 0.15) is 5.84 Å². The lowest BCUT2D eigenvalue weighted by Gasteiger charge is -2.27. The van der Waals surface area contributed by atoms with Crippen molar-refractivity contribution >= 4 is 168 Å². The highest BCUT2D eigenvalue weighted by Gasteiger charge is 2.36. The molecule has 1 saturated carbocycles. The Labute approximate surface area is 827 Å². The molecule has 8 aromatic rings. The van der Waals surface area contributed by atoms with E-state index < -0.39 is 0 Å². The Bertz CT molecular complexity index is 6230. The van der Waals surface area contributed by atoms with Crippen molar-refractivity contribution in [3.63, 3.8) is 0 Å². The highest BCUT2D eigenvalue weighted by molar-refractivity contribution is 9.10. The number of aliphatic imine (C=N–C) groups is 1. The maximum absolute atomic E-state index is 12.0. The third kappa shape index (κ3) is 26.6. The third-order valence-electron chi connectivity index (χ3n) is 25.0. The zero-order valence-electron chi connectivity index (χ0n) is 81.4. The van der Waals surface area contributed by atoms with Crippen molar-refractivity contribution in [2.75, 3.05) is 181 Å². The molecule has 2 fully saturated rings. The molecule has 0 aromatic heterocycles. The van der Waals surface area contributed by atoms with Crippen molar-refractivity contribution in [2.24, 2.45) is 16.6 Å².